The van der Waals surface area contributed by atoms with E-state index in [4.69, 9.17) is 9.47 Å². The summed E-state index contributed by atoms with van der Waals surface area (Å²) in [4.78, 5) is 16.8. The third-order valence-corrected chi connectivity index (χ3v) is 4.48. The molecule has 0 bridgehead atoms. The number of likely N-dealkylation sites (tertiary alicyclic amines) is 1. The van der Waals surface area contributed by atoms with Gasteiger partial charge in [0.1, 0.15) is 0 Å². The van der Waals surface area contributed by atoms with Crippen molar-refractivity contribution in [2.75, 3.05) is 59.1 Å². The molecule has 3 rings (SSSR count). The minimum Gasteiger partial charge on any atom is -0.379 e. The number of halogens is 2. The van der Waals surface area contributed by atoms with E-state index in [0.717, 1.165) is 58.9 Å². The second-order valence-corrected chi connectivity index (χ2v) is 5.83. The number of ether oxygens (including phenoxy) is 2. The fourth-order valence-electron chi connectivity index (χ4n) is 3.28. The number of amides is 1. The number of morpholine rings is 2. The van der Waals surface area contributed by atoms with E-state index in [9.17, 15) is 4.79 Å². The molecule has 22 heavy (non-hydrogen) atoms. The first kappa shape index (κ1) is 19.9. The number of hydrogen-bond acceptors (Lipinski definition) is 5. The highest BCUT2D eigenvalue weighted by Crippen LogP contribution is 2.18. The summed E-state index contributed by atoms with van der Waals surface area (Å²) in [5.74, 6) is 0.245. The standard InChI is InChI=1S/C14H25N3O3.2ClH/c18-14(9-13-10-15-2-6-20-13)17-3-1-12(11-17)16-4-7-19-8-5-16;;/h12-13,15H,1-11H2;2*1H. The van der Waals surface area contributed by atoms with Crippen LogP contribution in [0.25, 0.3) is 0 Å². The highest BCUT2D eigenvalue weighted by molar-refractivity contribution is 5.85. The Hall–Kier alpha value is -0.110. The van der Waals surface area contributed by atoms with Crippen LogP contribution in [-0.2, 0) is 14.3 Å². The third-order valence-electron chi connectivity index (χ3n) is 4.48. The first-order valence-electron chi connectivity index (χ1n) is 7.75. The molecule has 0 radical (unpaired) electrons. The molecular formula is C14H27Cl2N3O3. The van der Waals surface area contributed by atoms with E-state index < -0.39 is 0 Å². The zero-order chi connectivity index (χ0) is 13.8. The van der Waals surface area contributed by atoms with Crippen LogP contribution >= 0.6 is 24.8 Å². The molecule has 3 aliphatic rings. The lowest BCUT2D eigenvalue weighted by atomic mass is 10.2. The minimum atomic E-state index is 0. The monoisotopic (exact) mass is 355 g/mol. The summed E-state index contributed by atoms with van der Waals surface area (Å²) in [6.45, 7) is 7.83. The Bertz CT molecular complexity index is 337. The SMILES string of the molecule is Cl.Cl.O=C(CC1CNCCO1)N1CCC(N2CCOCC2)C1. The van der Waals surface area contributed by atoms with Gasteiger partial charge in [0.25, 0.3) is 0 Å². The number of carbonyl (C=O) groups is 1. The van der Waals surface area contributed by atoms with Crippen molar-refractivity contribution in [3.63, 3.8) is 0 Å². The van der Waals surface area contributed by atoms with Gasteiger partial charge in [0.15, 0.2) is 0 Å². The van der Waals surface area contributed by atoms with E-state index in [2.05, 4.69) is 10.2 Å². The summed E-state index contributed by atoms with van der Waals surface area (Å²) < 4.78 is 11.0. The van der Waals surface area contributed by atoms with Crippen LogP contribution in [0, 0.1) is 0 Å². The molecule has 8 heteroatoms. The van der Waals surface area contributed by atoms with Crippen LogP contribution in [0.1, 0.15) is 12.8 Å². The fourth-order valence-corrected chi connectivity index (χ4v) is 3.28. The van der Waals surface area contributed by atoms with Gasteiger partial charge in [-0.15, -0.1) is 24.8 Å². The van der Waals surface area contributed by atoms with Gasteiger partial charge in [-0.3, -0.25) is 9.69 Å². The summed E-state index contributed by atoms with van der Waals surface area (Å²) in [6.07, 6.45) is 1.66. The van der Waals surface area contributed by atoms with E-state index in [1.807, 2.05) is 4.90 Å². The van der Waals surface area contributed by atoms with Crippen molar-refractivity contribution in [2.24, 2.45) is 0 Å². The molecule has 0 saturated carbocycles. The predicted molar refractivity (Wildman–Crippen MR) is 89.1 cm³/mol. The molecule has 3 aliphatic heterocycles. The first-order valence-corrected chi connectivity index (χ1v) is 7.75. The van der Waals surface area contributed by atoms with Crippen molar-refractivity contribution in [1.82, 2.24) is 15.1 Å². The molecule has 130 valence electrons. The number of hydrogen-bond donors (Lipinski definition) is 1. The molecule has 1 N–H and O–H groups in total. The van der Waals surface area contributed by atoms with Crippen LogP contribution in [0.2, 0.25) is 0 Å². The molecule has 1 amide bonds. The number of carbonyl (C=O) groups excluding carboxylic acids is 1. The summed E-state index contributed by atoms with van der Waals surface area (Å²) in [5.41, 5.74) is 0. The van der Waals surface area contributed by atoms with Gasteiger partial charge in [0.05, 0.1) is 32.3 Å². The Morgan fingerprint density at radius 3 is 2.59 bits per heavy atom. The van der Waals surface area contributed by atoms with Crippen molar-refractivity contribution in [3.05, 3.63) is 0 Å². The van der Waals surface area contributed by atoms with Gasteiger partial charge < -0.3 is 19.7 Å². The van der Waals surface area contributed by atoms with Gasteiger partial charge in [-0.05, 0) is 6.42 Å². The maximum Gasteiger partial charge on any atom is 0.225 e. The molecule has 0 aromatic heterocycles. The summed E-state index contributed by atoms with van der Waals surface area (Å²) in [5, 5.41) is 3.27. The second kappa shape index (κ2) is 9.90. The Morgan fingerprint density at radius 1 is 1.14 bits per heavy atom. The van der Waals surface area contributed by atoms with Crippen LogP contribution in [0.4, 0.5) is 0 Å². The van der Waals surface area contributed by atoms with Gasteiger partial charge in [0.2, 0.25) is 5.91 Å². The molecule has 3 saturated heterocycles. The number of nitrogens with zero attached hydrogens (tertiary/aromatic N) is 2. The highest BCUT2D eigenvalue weighted by atomic mass is 35.5. The van der Waals surface area contributed by atoms with E-state index in [1.54, 1.807) is 0 Å². The van der Waals surface area contributed by atoms with Gasteiger partial charge in [-0.1, -0.05) is 0 Å². The molecule has 2 unspecified atom stereocenters. The molecule has 3 fully saturated rings. The van der Waals surface area contributed by atoms with Crippen LogP contribution in [-0.4, -0.2) is 86.9 Å². The molecule has 6 nitrogen and oxygen atoms in total. The Kier molecular flexibility index (Phi) is 8.97. The van der Waals surface area contributed by atoms with Crippen LogP contribution < -0.4 is 5.32 Å². The number of rotatable bonds is 3. The number of nitrogens with one attached hydrogen (secondary N) is 1. The van der Waals surface area contributed by atoms with Gasteiger partial charge >= 0.3 is 0 Å². The second-order valence-electron chi connectivity index (χ2n) is 5.83. The first-order chi connectivity index (χ1) is 9.83. The molecule has 0 aliphatic carbocycles. The maximum atomic E-state index is 12.3. The Balaban J connectivity index is 0.00000121. The van der Waals surface area contributed by atoms with Gasteiger partial charge in [-0.25, -0.2) is 0 Å². The Labute approximate surface area is 144 Å². The topological polar surface area (TPSA) is 54.0 Å². The van der Waals surface area contributed by atoms with Crippen molar-refractivity contribution in [3.8, 4) is 0 Å². The van der Waals surface area contributed by atoms with E-state index in [1.165, 1.54) is 0 Å². The van der Waals surface area contributed by atoms with Gasteiger partial charge in [0, 0.05) is 45.3 Å². The maximum absolute atomic E-state index is 12.3. The Morgan fingerprint density at radius 2 is 1.91 bits per heavy atom. The zero-order valence-corrected chi connectivity index (χ0v) is 14.5. The van der Waals surface area contributed by atoms with Crippen molar-refractivity contribution >= 4 is 30.7 Å². The summed E-state index contributed by atoms with van der Waals surface area (Å²) >= 11 is 0. The molecule has 3 heterocycles. The average Bonchev–Trinajstić information content (AvgIpc) is 2.99. The summed E-state index contributed by atoms with van der Waals surface area (Å²) in [7, 11) is 0. The molecular weight excluding hydrogens is 329 g/mol. The lowest BCUT2D eigenvalue weighted by Crippen LogP contribution is -2.46. The zero-order valence-electron chi connectivity index (χ0n) is 12.9. The molecule has 2 atom stereocenters. The predicted octanol–water partition coefficient (Wildman–Crippen LogP) is 0.142. The van der Waals surface area contributed by atoms with Gasteiger partial charge in [-0.2, -0.15) is 0 Å². The van der Waals surface area contributed by atoms with Crippen molar-refractivity contribution in [2.45, 2.75) is 25.0 Å². The normalized spacial score (nSPS) is 29.5. The minimum absolute atomic E-state index is 0. The largest absolute Gasteiger partial charge is 0.379 e. The van der Waals surface area contributed by atoms with E-state index in [-0.39, 0.29) is 36.8 Å². The van der Waals surface area contributed by atoms with Crippen LogP contribution in [0.5, 0.6) is 0 Å². The molecule has 0 aromatic rings. The average molecular weight is 356 g/mol. The van der Waals surface area contributed by atoms with Crippen LogP contribution in [0.3, 0.4) is 0 Å². The molecule has 0 spiro atoms. The fraction of sp³-hybridized carbons (Fsp3) is 0.929. The lowest BCUT2D eigenvalue weighted by Gasteiger charge is -2.32. The molecule has 0 aromatic carbocycles. The third kappa shape index (κ3) is 5.22. The van der Waals surface area contributed by atoms with E-state index in [0.29, 0.717) is 19.1 Å². The quantitative estimate of drug-likeness (QED) is 0.780. The highest BCUT2D eigenvalue weighted by Gasteiger charge is 2.32. The van der Waals surface area contributed by atoms with Crippen molar-refractivity contribution in [1.29, 1.82) is 0 Å². The van der Waals surface area contributed by atoms with Crippen molar-refractivity contribution < 1.29 is 14.3 Å². The lowest BCUT2D eigenvalue weighted by molar-refractivity contribution is -0.133. The van der Waals surface area contributed by atoms with Crippen LogP contribution in [0.15, 0.2) is 0 Å². The van der Waals surface area contributed by atoms with E-state index >= 15 is 0 Å². The smallest absolute Gasteiger partial charge is 0.225 e. The summed E-state index contributed by atoms with van der Waals surface area (Å²) in [6, 6.07) is 0.522.